The third-order valence-corrected chi connectivity index (χ3v) is 3.28. The Morgan fingerprint density at radius 3 is 2.67 bits per heavy atom. The monoisotopic (exact) mass is 289 g/mol. The number of rotatable bonds is 6. The van der Waals surface area contributed by atoms with Crippen LogP contribution in [0.2, 0.25) is 0 Å². The zero-order chi connectivity index (χ0) is 15.2. The van der Waals surface area contributed by atoms with E-state index in [1.54, 1.807) is 20.1 Å². The Labute approximate surface area is 124 Å². The zero-order valence-electron chi connectivity index (χ0n) is 12.6. The second-order valence-corrected chi connectivity index (χ2v) is 4.68. The van der Waals surface area contributed by atoms with Crippen LogP contribution in [0.1, 0.15) is 18.1 Å². The fraction of sp³-hybridized carbons (Fsp3) is 0.294. The van der Waals surface area contributed by atoms with Gasteiger partial charge in [-0.3, -0.25) is 0 Å². The van der Waals surface area contributed by atoms with Gasteiger partial charge in [-0.25, -0.2) is 4.39 Å². The molecule has 3 nitrogen and oxygen atoms in total. The van der Waals surface area contributed by atoms with E-state index in [-0.39, 0.29) is 5.82 Å². The molecule has 1 N–H and O–H groups in total. The summed E-state index contributed by atoms with van der Waals surface area (Å²) in [6.45, 7) is 4.86. The molecule has 2 aromatic carbocycles. The molecule has 0 fully saturated rings. The highest BCUT2D eigenvalue weighted by molar-refractivity contribution is 5.52. The third kappa shape index (κ3) is 3.66. The minimum absolute atomic E-state index is 0.204. The van der Waals surface area contributed by atoms with Crippen LogP contribution in [-0.4, -0.2) is 13.7 Å². The quantitative estimate of drug-likeness (QED) is 0.866. The van der Waals surface area contributed by atoms with E-state index in [9.17, 15) is 4.39 Å². The minimum atomic E-state index is -0.204. The predicted molar refractivity (Wildman–Crippen MR) is 82.6 cm³/mol. The molecule has 0 radical (unpaired) electrons. The van der Waals surface area contributed by atoms with Crippen LogP contribution in [0.5, 0.6) is 11.5 Å². The molecule has 0 saturated carbocycles. The van der Waals surface area contributed by atoms with Gasteiger partial charge in [-0.05, 0) is 43.7 Å². The van der Waals surface area contributed by atoms with E-state index in [0.717, 1.165) is 17.0 Å². The third-order valence-electron chi connectivity index (χ3n) is 3.28. The van der Waals surface area contributed by atoms with Crippen LogP contribution in [0.4, 0.5) is 10.1 Å². The Morgan fingerprint density at radius 2 is 1.95 bits per heavy atom. The van der Waals surface area contributed by atoms with E-state index in [1.807, 2.05) is 31.2 Å². The molecule has 0 amide bonds. The molecule has 0 aromatic heterocycles. The Hall–Kier alpha value is -2.23. The lowest BCUT2D eigenvalue weighted by atomic mass is 10.1. The number of benzene rings is 2. The van der Waals surface area contributed by atoms with Crippen LogP contribution in [0, 0.1) is 12.7 Å². The molecule has 0 saturated heterocycles. The van der Waals surface area contributed by atoms with Crippen molar-refractivity contribution in [2.24, 2.45) is 0 Å². The first kappa shape index (κ1) is 15.2. The van der Waals surface area contributed by atoms with Crippen LogP contribution in [0.15, 0.2) is 36.4 Å². The molecule has 0 bridgehead atoms. The lowest BCUT2D eigenvalue weighted by Gasteiger charge is -2.13. The van der Waals surface area contributed by atoms with Gasteiger partial charge in [0, 0.05) is 17.8 Å². The van der Waals surface area contributed by atoms with Gasteiger partial charge in [0.25, 0.3) is 0 Å². The Bertz CT molecular complexity index is 614. The lowest BCUT2D eigenvalue weighted by Crippen LogP contribution is -2.03. The van der Waals surface area contributed by atoms with Crippen molar-refractivity contribution >= 4 is 5.69 Å². The largest absolute Gasteiger partial charge is 0.493 e. The molecule has 0 aliphatic carbocycles. The van der Waals surface area contributed by atoms with E-state index in [1.165, 1.54) is 6.07 Å². The first-order valence-electron chi connectivity index (χ1n) is 6.94. The molecule has 4 heteroatoms. The molecular formula is C17H20FNO2. The minimum Gasteiger partial charge on any atom is -0.493 e. The Morgan fingerprint density at radius 1 is 1.14 bits per heavy atom. The van der Waals surface area contributed by atoms with Gasteiger partial charge in [0.15, 0.2) is 11.5 Å². The first-order valence-corrected chi connectivity index (χ1v) is 6.94. The molecule has 112 valence electrons. The van der Waals surface area contributed by atoms with Gasteiger partial charge in [0.1, 0.15) is 5.82 Å². The average molecular weight is 289 g/mol. The number of ether oxygens (including phenoxy) is 2. The average Bonchev–Trinajstić information content (AvgIpc) is 2.49. The van der Waals surface area contributed by atoms with E-state index in [2.05, 4.69) is 5.32 Å². The molecule has 21 heavy (non-hydrogen) atoms. The number of nitrogens with one attached hydrogen (secondary N) is 1. The van der Waals surface area contributed by atoms with Crippen molar-refractivity contribution in [3.63, 3.8) is 0 Å². The van der Waals surface area contributed by atoms with E-state index in [0.29, 0.717) is 24.5 Å². The molecule has 0 aliphatic rings. The fourth-order valence-electron chi connectivity index (χ4n) is 2.10. The van der Waals surface area contributed by atoms with Gasteiger partial charge in [0.2, 0.25) is 0 Å². The second kappa shape index (κ2) is 6.97. The van der Waals surface area contributed by atoms with Crippen molar-refractivity contribution in [1.82, 2.24) is 0 Å². The van der Waals surface area contributed by atoms with Crippen molar-refractivity contribution in [3.05, 3.63) is 53.3 Å². The predicted octanol–water partition coefficient (Wildman–Crippen LogP) is 4.15. The number of anilines is 1. The van der Waals surface area contributed by atoms with Crippen molar-refractivity contribution in [2.75, 3.05) is 19.0 Å². The maximum Gasteiger partial charge on any atom is 0.161 e. The van der Waals surface area contributed by atoms with Crippen LogP contribution in [-0.2, 0) is 6.54 Å². The SMILES string of the molecule is CCOc1cc(CNc2cccc(F)c2C)ccc1OC. The van der Waals surface area contributed by atoms with Gasteiger partial charge in [-0.1, -0.05) is 12.1 Å². The number of hydrogen-bond acceptors (Lipinski definition) is 3. The van der Waals surface area contributed by atoms with E-state index < -0.39 is 0 Å². The normalized spacial score (nSPS) is 10.3. The molecule has 0 aliphatic heterocycles. The van der Waals surface area contributed by atoms with Crippen LogP contribution in [0.3, 0.4) is 0 Å². The summed E-state index contributed by atoms with van der Waals surface area (Å²) in [5.41, 5.74) is 2.46. The number of methoxy groups -OCH3 is 1. The topological polar surface area (TPSA) is 30.5 Å². The van der Waals surface area contributed by atoms with E-state index >= 15 is 0 Å². The molecule has 0 atom stereocenters. The summed E-state index contributed by atoms with van der Waals surface area (Å²) in [5, 5.41) is 3.24. The maximum atomic E-state index is 13.5. The van der Waals surface area contributed by atoms with Crippen LogP contribution >= 0.6 is 0 Å². The van der Waals surface area contributed by atoms with Gasteiger partial charge in [0.05, 0.1) is 13.7 Å². The van der Waals surface area contributed by atoms with Crippen molar-refractivity contribution in [2.45, 2.75) is 20.4 Å². The molecule has 2 rings (SSSR count). The second-order valence-electron chi connectivity index (χ2n) is 4.68. The number of halogens is 1. The molecule has 0 spiro atoms. The summed E-state index contributed by atoms with van der Waals surface area (Å²) >= 11 is 0. The summed E-state index contributed by atoms with van der Waals surface area (Å²) < 4.78 is 24.3. The highest BCUT2D eigenvalue weighted by atomic mass is 19.1. The summed E-state index contributed by atoms with van der Waals surface area (Å²) in [6, 6.07) is 10.8. The summed E-state index contributed by atoms with van der Waals surface area (Å²) in [7, 11) is 1.62. The highest BCUT2D eigenvalue weighted by Crippen LogP contribution is 2.28. The van der Waals surface area contributed by atoms with Gasteiger partial charge in [-0.2, -0.15) is 0 Å². The van der Waals surface area contributed by atoms with Crippen molar-refractivity contribution in [3.8, 4) is 11.5 Å². The van der Waals surface area contributed by atoms with Crippen molar-refractivity contribution < 1.29 is 13.9 Å². The van der Waals surface area contributed by atoms with Gasteiger partial charge >= 0.3 is 0 Å². The fourth-order valence-corrected chi connectivity index (χ4v) is 2.10. The van der Waals surface area contributed by atoms with Crippen LogP contribution in [0.25, 0.3) is 0 Å². The Kier molecular flexibility index (Phi) is 5.04. The van der Waals surface area contributed by atoms with Crippen molar-refractivity contribution in [1.29, 1.82) is 0 Å². The smallest absolute Gasteiger partial charge is 0.161 e. The molecule has 0 unspecified atom stereocenters. The standard InChI is InChI=1S/C17H20FNO2/c1-4-21-17-10-13(8-9-16(17)20-3)11-19-15-7-5-6-14(18)12(15)2/h5-10,19H,4,11H2,1-3H3. The summed E-state index contributed by atoms with van der Waals surface area (Å²) in [5.74, 6) is 1.22. The molecular weight excluding hydrogens is 269 g/mol. The summed E-state index contributed by atoms with van der Waals surface area (Å²) in [6.07, 6.45) is 0. The molecule has 0 heterocycles. The lowest BCUT2D eigenvalue weighted by molar-refractivity contribution is 0.310. The summed E-state index contributed by atoms with van der Waals surface area (Å²) in [4.78, 5) is 0. The Balaban J connectivity index is 2.13. The maximum absolute atomic E-state index is 13.5. The van der Waals surface area contributed by atoms with Crippen LogP contribution < -0.4 is 14.8 Å². The van der Waals surface area contributed by atoms with Gasteiger partial charge in [-0.15, -0.1) is 0 Å². The molecule has 2 aromatic rings. The van der Waals surface area contributed by atoms with E-state index in [4.69, 9.17) is 9.47 Å². The zero-order valence-corrected chi connectivity index (χ0v) is 12.6. The highest BCUT2D eigenvalue weighted by Gasteiger charge is 2.07. The first-order chi connectivity index (χ1) is 10.2. The number of hydrogen-bond donors (Lipinski definition) is 1. The van der Waals surface area contributed by atoms with Gasteiger partial charge < -0.3 is 14.8 Å².